The maximum atomic E-state index is 11.2. The number of hydrogen-bond acceptors (Lipinski definition) is 7. The molecule has 0 radical (unpaired) electrons. The van der Waals surface area contributed by atoms with Crippen molar-refractivity contribution in [3.8, 4) is 22.8 Å². The first-order valence-electron chi connectivity index (χ1n) is 8.48. The van der Waals surface area contributed by atoms with E-state index >= 15 is 0 Å². The van der Waals surface area contributed by atoms with Gasteiger partial charge in [0, 0.05) is 24.1 Å². The van der Waals surface area contributed by atoms with Crippen molar-refractivity contribution in [3.63, 3.8) is 0 Å². The maximum Gasteiger partial charge on any atom is 0.278 e. The van der Waals surface area contributed by atoms with Gasteiger partial charge >= 0.3 is 0 Å². The van der Waals surface area contributed by atoms with E-state index in [1.807, 2.05) is 23.6 Å². The average Bonchev–Trinajstić information content (AvgIpc) is 3.15. The second kappa shape index (κ2) is 7.65. The molecule has 1 aromatic heterocycles. The number of nitro benzene ring substituents is 1. The minimum atomic E-state index is -0.424. The predicted molar refractivity (Wildman–Crippen MR) is 106 cm³/mol. The summed E-state index contributed by atoms with van der Waals surface area (Å²) in [5.41, 5.74) is 2.10. The van der Waals surface area contributed by atoms with E-state index in [1.54, 1.807) is 29.9 Å². The first-order chi connectivity index (χ1) is 13.7. The molecular weight excluding hydrogens is 380 g/mol. The summed E-state index contributed by atoms with van der Waals surface area (Å²) >= 11 is 1.43. The van der Waals surface area contributed by atoms with Crippen molar-refractivity contribution in [2.45, 2.75) is 0 Å². The highest BCUT2D eigenvalue weighted by Gasteiger charge is 2.15. The van der Waals surface area contributed by atoms with Crippen molar-refractivity contribution in [3.05, 3.63) is 68.3 Å². The monoisotopic (exact) mass is 396 g/mol. The van der Waals surface area contributed by atoms with Crippen molar-refractivity contribution >= 4 is 23.2 Å². The number of ether oxygens (including phenoxy) is 2. The summed E-state index contributed by atoms with van der Waals surface area (Å²) in [6, 6.07) is 12.1. The van der Waals surface area contributed by atoms with Crippen LogP contribution in [0.1, 0.15) is 5.56 Å². The van der Waals surface area contributed by atoms with Crippen LogP contribution in [0.2, 0.25) is 0 Å². The molecule has 0 aliphatic carbocycles. The molecule has 3 aromatic rings. The van der Waals surface area contributed by atoms with Crippen LogP contribution in [0.15, 0.2) is 57.9 Å². The predicted octanol–water partition coefficient (Wildman–Crippen LogP) is 3.31. The Morgan fingerprint density at radius 2 is 1.96 bits per heavy atom. The van der Waals surface area contributed by atoms with Crippen molar-refractivity contribution in [2.75, 3.05) is 20.3 Å². The van der Waals surface area contributed by atoms with E-state index < -0.39 is 4.92 Å². The summed E-state index contributed by atoms with van der Waals surface area (Å²) in [6.45, 7) is 1.04. The summed E-state index contributed by atoms with van der Waals surface area (Å²) in [5, 5.41) is 17.6. The van der Waals surface area contributed by atoms with Gasteiger partial charge in [-0.15, -0.1) is 11.3 Å². The number of thiazole rings is 1. The molecule has 0 spiro atoms. The van der Waals surface area contributed by atoms with Gasteiger partial charge in [0.15, 0.2) is 11.5 Å². The highest BCUT2D eigenvalue weighted by atomic mass is 32.1. The van der Waals surface area contributed by atoms with Gasteiger partial charge in [-0.25, -0.2) is 4.68 Å². The van der Waals surface area contributed by atoms with Crippen LogP contribution >= 0.6 is 11.3 Å². The van der Waals surface area contributed by atoms with Crippen LogP contribution in [0, 0.1) is 10.1 Å². The molecule has 4 rings (SSSR count). The van der Waals surface area contributed by atoms with Gasteiger partial charge in [-0.05, 0) is 24.3 Å². The summed E-state index contributed by atoms with van der Waals surface area (Å²) in [4.78, 5) is 15.7. The molecule has 1 aliphatic heterocycles. The number of rotatable bonds is 4. The topological polar surface area (TPSA) is 91.2 Å². The van der Waals surface area contributed by atoms with Crippen LogP contribution in [0.25, 0.3) is 11.3 Å². The average molecular weight is 396 g/mol. The fourth-order valence-electron chi connectivity index (χ4n) is 2.85. The van der Waals surface area contributed by atoms with E-state index in [9.17, 15) is 10.1 Å². The number of nitro groups is 1. The zero-order chi connectivity index (χ0) is 19.5. The lowest BCUT2D eigenvalue weighted by atomic mass is 10.1. The molecule has 28 heavy (non-hydrogen) atoms. The zero-order valence-corrected chi connectivity index (χ0v) is 15.8. The lowest BCUT2D eigenvalue weighted by Crippen LogP contribution is -2.15. The van der Waals surface area contributed by atoms with Crippen LogP contribution in [0.3, 0.4) is 0 Å². The SMILES string of the molecule is CN=c1scc(-c2ccc3c(c2)OCCO3)n1/N=C\c1ccccc1[N+](=O)[O-]. The first-order valence-corrected chi connectivity index (χ1v) is 9.36. The Balaban J connectivity index is 1.77. The third-order valence-electron chi connectivity index (χ3n) is 4.16. The Morgan fingerprint density at radius 1 is 1.18 bits per heavy atom. The summed E-state index contributed by atoms with van der Waals surface area (Å²) < 4.78 is 12.9. The third-order valence-corrected chi connectivity index (χ3v) is 5.07. The maximum absolute atomic E-state index is 11.2. The van der Waals surface area contributed by atoms with E-state index in [4.69, 9.17) is 9.47 Å². The standard InChI is InChI=1S/C19H16N4O4S/c1-20-19-22(21-11-14-4-2-3-5-15(14)23(24)25)16(12-28-19)13-6-7-17-18(10-13)27-9-8-26-17/h2-7,10-12H,8-9H2,1H3/b20-19?,21-11-. The van der Waals surface area contributed by atoms with Crippen LogP contribution in [-0.4, -0.2) is 36.1 Å². The number of para-hydroxylation sites is 1. The molecular formula is C19H16N4O4S. The third kappa shape index (κ3) is 3.39. The highest BCUT2D eigenvalue weighted by molar-refractivity contribution is 7.07. The van der Waals surface area contributed by atoms with E-state index in [2.05, 4.69) is 10.1 Å². The van der Waals surface area contributed by atoms with E-state index in [0.29, 0.717) is 35.1 Å². The number of hydrogen-bond donors (Lipinski definition) is 0. The van der Waals surface area contributed by atoms with Crippen molar-refractivity contribution in [1.82, 2.24) is 4.68 Å². The Hall–Kier alpha value is -3.46. The molecule has 0 N–H and O–H groups in total. The number of nitrogens with zero attached hydrogens (tertiary/aromatic N) is 4. The second-order valence-corrected chi connectivity index (χ2v) is 6.69. The summed E-state index contributed by atoms with van der Waals surface area (Å²) in [5.74, 6) is 1.39. The van der Waals surface area contributed by atoms with Gasteiger partial charge < -0.3 is 9.47 Å². The Kier molecular flexibility index (Phi) is 4.90. The smallest absolute Gasteiger partial charge is 0.278 e. The Morgan fingerprint density at radius 3 is 2.75 bits per heavy atom. The Bertz CT molecular complexity index is 1130. The molecule has 9 heteroatoms. The van der Waals surface area contributed by atoms with Crippen LogP contribution < -0.4 is 14.3 Å². The molecule has 142 valence electrons. The van der Waals surface area contributed by atoms with Crippen molar-refractivity contribution in [1.29, 1.82) is 0 Å². The minimum Gasteiger partial charge on any atom is -0.486 e. The van der Waals surface area contributed by atoms with Gasteiger partial charge in [-0.1, -0.05) is 12.1 Å². The molecule has 0 saturated heterocycles. The van der Waals surface area contributed by atoms with Gasteiger partial charge in [-0.3, -0.25) is 15.1 Å². The van der Waals surface area contributed by atoms with E-state index in [1.165, 1.54) is 23.6 Å². The summed E-state index contributed by atoms with van der Waals surface area (Å²) in [7, 11) is 1.68. The van der Waals surface area contributed by atoms with Crippen LogP contribution in [0.4, 0.5) is 5.69 Å². The highest BCUT2D eigenvalue weighted by Crippen LogP contribution is 2.34. The molecule has 8 nitrogen and oxygen atoms in total. The molecule has 0 saturated carbocycles. The normalized spacial score (nSPS) is 13.8. The number of fused-ring (bicyclic) bond motifs is 1. The number of aromatic nitrogens is 1. The molecule has 0 bridgehead atoms. The molecule has 2 aromatic carbocycles. The fraction of sp³-hybridized carbons (Fsp3) is 0.158. The molecule has 0 fully saturated rings. The molecule has 2 heterocycles. The lowest BCUT2D eigenvalue weighted by Gasteiger charge is -2.18. The molecule has 0 unspecified atom stereocenters. The fourth-order valence-corrected chi connectivity index (χ4v) is 3.65. The number of benzene rings is 2. The van der Waals surface area contributed by atoms with Crippen molar-refractivity contribution < 1.29 is 14.4 Å². The van der Waals surface area contributed by atoms with Gasteiger partial charge in [0.25, 0.3) is 5.69 Å². The van der Waals surface area contributed by atoms with Crippen molar-refractivity contribution in [2.24, 2.45) is 10.1 Å². The van der Waals surface area contributed by atoms with Crippen LogP contribution in [0.5, 0.6) is 11.5 Å². The quantitative estimate of drug-likeness (QED) is 0.384. The molecule has 0 amide bonds. The van der Waals surface area contributed by atoms with Gasteiger partial charge in [-0.2, -0.15) is 5.10 Å². The largest absolute Gasteiger partial charge is 0.486 e. The van der Waals surface area contributed by atoms with Gasteiger partial charge in [0.2, 0.25) is 4.80 Å². The lowest BCUT2D eigenvalue weighted by molar-refractivity contribution is -0.385. The van der Waals surface area contributed by atoms with Gasteiger partial charge in [0.05, 0.1) is 22.4 Å². The molecule has 1 aliphatic rings. The van der Waals surface area contributed by atoms with Gasteiger partial charge in [0.1, 0.15) is 13.2 Å². The minimum absolute atomic E-state index is 0.00190. The van der Waals surface area contributed by atoms with E-state index in [0.717, 1.165) is 11.3 Å². The molecule has 0 atom stereocenters. The van der Waals surface area contributed by atoms with E-state index in [-0.39, 0.29) is 5.69 Å². The first kappa shape index (κ1) is 17.9. The van der Waals surface area contributed by atoms with Crippen LogP contribution in [-0.2, 0) is 0 Å². The summed E-state index contributed by atoms with van der Waals surface area (Å²) in [6.07, 6.45) is 1.47. The zero-order valence-electron chi connectivity index (χ0n) is 14.9. The second-order valence-electron chi connectivity index (χ2n) is 5.86. The Labute approximate surface area is 164 Å².